The van der Waals surface area contributed by atoms with Crippen LogP contribution in [-0.2, 0) is 20.8 Å². The number of allylic oxidation sites excluding steroid dienone is 2. The predicted molar refractivity (Wildman–Crippen MR) is 118 cm³/mol. The lowest BCUT2D eigenvalue weighted by atomic mass is 9.73. The summed E-state index contributed by atoms with van der Waals surface area (Å²) in [4.78, 5) is 35.4. The molecule has 0 bridgehead atoms. The van der Waals surface area contributed by atoms with Gasteiger partial charge in [0.1, 0.15) is 11.5 Å². The Hall–Kier alpha value is -2.89. The second-order valence-electron chi connectivity index (χ2n) is 8.16. The van der Waals surface area contributed by atoms with Crippen molar-refractivity contribution in [3.8, 4) is 11.5 Å². The number of aliphatic carboxylic acids is 1. The van der Waals surface area contributed by atoms with Gasteiger partial charge in [-0.25, -0.2) is 4.79 Å². The van der Waals surface area contributed by atoms with Crippen molar-refractivity contribution >= 4 is 17.9 Å². The van der Waals surface area contributed by atoms with Gasteiger partial charge in [0.2, 0.25) is 0 Å². The van der Waals surface area contributed by atoms with Gasteiger partial charge < -0.3 is 14.6 Å². The van der Waals surface area contributed by atoms with Gasteiger partial charge >= 0.3 is 17.9 Å². The molecule has 0 spiro atoms. The molecule has 0 fully saturated rings. The lowest BCUT2D eigenvalue weighted by Crippen LogP contribution is -2.22. The first-order valence-electron chi connectivity index (χ1n) is 10.8. The van der Waals surface area contributed by atoms with Gasteiger partial charge in [0.05, 0.1) is 0 Å². The number of carbonyl (C=O) groups is 3. The Morgan fingerprint density at radius 3 is 2.10 bits per heavy atom. The van der Waals surface area contributed by atoms with E-state index in [2.05, 4.69) is 13.5 Å². The Kier molecular flexibility index (Phi) is 8.60. The molecule has 6 nitrogen and oxygen atoms in total. The molecule has 0 radical (unpaired) electrons. The molecular formula is C25H32O6. The standard InChI is InChI=1S/C25H32O6/c1-6-7-8-9-18-12-22(30-16(4)26)24(23(13-18)31-17(5)27)21-14-19(25(28)29)10-11-20(21)15(2)3/h12-14,20-21H,2,6-11H2,1,3-5H3,(H,28,29)/t20-,21+/m0/s1. The lowest BCUT2D eigenvalue weighted by molar-refractivity contribution is -0.134. The van der Waals surface area contributed by atoms with E-state index in [1.165, 1.54) is 13.8 Å². The monoisotopic (exact) mass is 428 g/mol. The van der Waals surface area contributed by atoms with Gasteiger partial charge in [-0.05, 0) is 56.2 Å². The molecule has 6 heteroatoms. The zero-order valence-electron chi connectivity index (χ0n) is 18.8. The highest BCUT2D eigenvalue weighted by Gasteiger charge is 2.34. The quantitative estimate of drug-likeness (QED) is 0.247. The van der Waals surface area contributed by atoms with Gasteiger partial charge in [0.25, 0.3) is 0 Å². The van der Waals surface area contributed by atoms with E-state index < -0.39 is 23.8 Å². The van der Waals surface area contributed by atoms with Crippen LogP contribution in [0.4, 0.5) is 0 Å². The van der Waals surface area contributed by atoms with Crippen LogP contribution >= 0.6 is 0 Å². The highest BCUT2D eigenvalue weighted by molar-refractivity contribution is 5.87. The largest absolute Gasteiger partial charge is 0.478 e. The van der Waals surface area contributed by atoms with E-state index in [4.69, 9.17) is 9.47 Å². The van der Waals surface area contributed by atoms with E-state index in [1.54, 1.807) is 18.2 Å². The first kappa shape index (κ1) is 24.4. The van der Waals surface area contributed by atoms with E-state index in [0.717, 1.165) is 36.8 Å². The first-order chi connectivity index (χ1) is 14.6. The van der Waals surface area contributed by atoms with Crippen molar-refractivity contribution in [2.75, 3.05) is 0 Å². The number of unbranched alkanes of at least 4 members (excludes halogenated alkanes) is 2. The third kappa shape index (κ3) is 6.54. The molecule has 1 aromatic rings. The van der Waals surface area contributed by atoms with E-state index in [9.17, 15) is 19.5 Å². The summed E-state index contributed by atoms with van der Waals surface area (Å²) in [5, 5.41) is 9.56. The average molecular weight is 429 g/mol. The second-order valence-corrected chi connectivity index (χ2v) is 8.16. The van der Waals surface area contributed by atoms with Gasteiger partial charge in [-0.2, -0.15) is 0 Å². The SMILES string of the molecule is C=C(C)[C@@H]1CCC(C(=O)O)=C[C@H]1c1c(OC(C)=O)cc(CCCCC)cc1OC(C)=O. The number of aryl methyl sites for hydroxylation is 1. The number of carbonyl (C=O) groups excluding carboxylic acids is 2. The van der Waals surface area contributed by atoms with Crippen LogP contribution < -0.4 is 9.47 Å². The number of rotatable bonds is 9. The van der Waals surface area contributed by atoms with Crippen molar-refractivity contribution < 1.29 is 29.0 Å². The van der Waals surface area contributed by atoms with Crippen LogP contribution in [0.25, 0.3) is 0 Å². The molecule has 2 rings (SSSR count). The van der Waals surface area contributed by atoms with Crippen molar-refractivity contribution in [2.45, 2.75) is 72.1 Å². The topological polar surface area (TPSA) is 89.9 Å². The number of carboxylic acids is 1. The van der Waals surface area contributed by atoms with E-state index in [-0.39, 0.29) is 11.5 Å². The van der Waals surface area contributed by atoms with E-state index in [0.29, 0.717) is 29.9 Å². The molecule has 1 aromatic carbocycles. The minimum atomic E-state index is -0.982. The normalized spacial score (nSPS) is 18.1. The summed E-state index contributed by atoms with van der Waals surface area (Å²) in [6.45, 7) is 10.7. The molecule has 168 valence electrons. The summed E-state index contributed by atoms with van der Waals surface area (Å²) in [6, 6.07) is 3.61. The van der Waals surface area contributed by atoms with Crippen molar-refractivity contribution in [3.63, 3.8) is 0 Å². The molecule has 1 N–H and O–H groups in total. The molecule has 0 aliphatic heterocycles. The number of hydrogen-bond acceptors (Lipinski definition) is 5. The van der Waals surface area contributed by atoms with Gasteiger partial charge in [0.15, 0.2) is 0 Å². The van der Waals surface area contributed by atoms with Crippen LogP contribution in [0.5, 0.6) is 11.5 Å². The van der Waals surface area contributed by atoms with Crippen LogP contribution in [0, 0.1) is 5.92 Å². The Morgan fingerprint density at radius 1 is 1.06 bits per heavy atom. The molecular weight excluding hydrogens is 396 g/mol. The smallest absolute Gasteiger partial charge is 0.331 e. The fraction of sp³-hybridized carbons (Fsp3) is 0.480. The summed E-state index contributed by atoms with van der Waals surface area (Å²) < 4.78 is 11.1. The van der Waals surface area contributed by atoms with Crippen LogP contribution in [0.15, 0.2) is 35.9 Å². The number of benzene rings is 1. The molecule has 0 amide bonds. The third-order valence-corrected chi connectivity index (χ3v) is 5.52. The first-order valence-corrected chi connectivity index (χ1v) is 10.8. The molecule has 0 saturated heterocycles. The molecule has 2 atom stereocenters. The maximum atomic E-state index is 11.9. The fourth-order valence-electron chi connectivity index (χ4n) is 4.11. The number of esters is 2. The second kappa shape index (κ2) is 10.9. The number of hydrogen-bond donors (Lipinski definition) is 1. The lowest BCUT2D eigenvalue weighted by Gasteiger charge is -2.32. The van der Waals surface area contributed by atoms with Crippen LogP contribution in [0.3, 0.4) is 0 Å². The van der Waals surface area contributed by atoms with Crippen molar-refractivity contribution in [1.29, 1.82) is 0 Å². The van der Waals surface area contributed by atoms with E-state index >= 15 is 0 Å². The minimum absolute atomic E-state index is 0.0716. The minimum Gasteiger partial charge on any atom is -0.478 e. The van der Waals surface area contributed by atoms with Crippen molar-refractivity contribution in [2.24, 2.45) is 5.92 Å². The van der Waals surface area contributed by atoms with Crippen molar-refractivity contribution in [1.82, 2.24) is 0 Å². The summed E-state index contributed by atoms with van der Waals surface area (Å²) in [5.41, 5.74) is 2.59. The molecule has 31 heavy (non-hydrogen) atoms. The third-order valence-electron chi connectivity index (χ3n) is 5.52. The maximum absolute atomic E-state index is 11.9. The Morgan fingerprint density at radius 2 is 1.65 bits per heavy atom. The Balaban J connectivity index is 2.71. The summed E-state index contributed by atoms with van der Waals surface area (Å²) in [5.74, 6) is -1.88. The number of ether oxygens (including phenoxy) is 2. The fourth-order valence-corrected chi connectivity index (χ4v) is 4.11. The Bertz CT molecular complexity index is 858. The molecule has 0 unspecified atom stereocenters. The summed E-state index contributed by atoms with van der Waals surface area (Å²) in [6.07, 6.45) is 6.52. The molecule has 0 saturated carbocycles. The van der Waals surface area contributed by atoms with Crippen LogP contribution in [-0.4, -0.2) is 23.0 Å². The Labute approximate surface area is 183 Å². The van der Waals surface area contributed by atoms with E-state index in [1.807, 2.05) is 6.92 Å². The van der Waals surface area contributed by atoms with Gasteiger partial charge in [-0.15, -0.1) is 0 Å². The van der Waals surface area contributed by atoms with Gasteiger partial charge in [-0.1, -0.05) is 38.0 Å². The number of carboxylic acid groups (broad SMARTS) is 1. The van der Waals surface area contributed by atoms with Crippen LogP contribution in [0.2, 0.25) is 0 Å². The van der Waals surface area contributed by atoms with Crippen molar-refractivity contribution in [3.05, 3.63) is 47.1 Å². The zero-order valence-corrected chi connectivity index (χ0v) is 18.8. The zero-order chi connectivity index (χ0) is 23.1. The van der Waals surface area contributed by atoms with Crippen LogP contribution in [0.1, 0.15) is 76.8 Å². The van der Waals surface area contributed by atoms with Gasteiger partial charge in [-0.3, -0.25) is 9.59 Å². The molecule has 0 aromatic heterocycles. The molecule has 1 aliphatic rings. The highest BCUT2D eigenvalue weighted by Crippen LogP contribution is 2.47. The summed E-state index contributed by atoms with van der Waals surface area (Å²) >= 11 is 0. The van der Waals surface area contributed by atoms with Gasteiger partial charge in [0, 0.05) is 30.9 Å². The average Bonchev–Trinajstić information content (AvgIpc) is 2.66. The molecule has 1 aliphatic carbocycles. The molecule has 0 heterocycles. The predicted octanol–water partition coefficient (Wildman–Crippen LogP) is 5.35. The highest BCUT2D eigenvalue weighted by atomic mass is 16.5. The maximum Gasteiger partial charge on any atom is 0.331 e. The summed E-state index contributed by atoms with van der Waals surface area (Å²) in [7, 11) is 0.